The molecule has 2 atom stereocenters. The van der Waals surface area contributed by atoms with Crippen molar-refractivity contribution in [3.63, 3.8) is 0 Å². The number of methoxy groups -OCH3 is 1. The fourth-order valence-corrected chi connectivity index (χ4v) is 4.80. The van der Waals surface area contributed by atoms with Crippen LogP contribution in [-0.4, -0.2) is 27.8 Å². The van der Waals surface area contributed by atoms with Crippen molar-refractivity contribution < 1.29 is 14.3 Å². The van der Waals surface area contributed by atoms with E-state index in [4.69, 9.17) is 21.1 Å². The molecule has 0 aliphatic carbocycles. The first-order valence-electron chi connectivity index (χ1n) is 10.7. The number of para-hydroxylation sites is 1. The summed E-state index contributed by atoms with van der Waals surface area (Å²) in [6.07, 6.45) is 1.09. The van der Waals surface area contributed by atoms with E-state index in [1.807, 2.05) is 65.3 Å². The van der Waals surface area contributed by atoms with Gasteiger partial charge in [-0.3, -0.25) is 0 Å². The summed E-state index contributed by atoms with van der Waals surface area (Å²) < 4.78 is 13.3. The van der Waals surface area contributed by atoms with E-state index < -0.39 is 6.10 Å². The average Bonchev–Trinajstić information content (AvgIpc) is 3.35. The van der Waals surface area contributed by atoms with Crippen LogP contribution < -0.4 is 10.1 Å². The fourth-order valence-electron chi connectivity index (χ4n) is 4.60. The minimum Gasteiger partial charge on any atom is -0.480 e. The summed E-state index contributed by atoms with van der Waals surface area (Å²) >= 11 is 6.38. The van der Waals surface area contributed by atoms with Gasteiger partial charge < -0.3 is 14.8 Å². The maximum Gasteiger partial charge on any atom is 0.337 e. The van der Waals surface area contributed by atoms with Crippen LogP contribution in [0.25, 0.3) is 5.70 Å². The predicted octanol–water partition coefficient (Wildman–Crippen LogP) is 5.28. The molecule has 6 rings (SSSR count). The van der Waals surface area contributed by atoms with E-state index in [1.165, 1.54) is 13.4 Å². The lowest BCUT2D eigenvalue weighted by molar-refractivity contribution is 0.0600. The Kier molecular flexibility index (Phi) is 4.85. The lowest BCUT2D eigenvalue weighted by Crippen LogP contribution is -2.32. The Balaban J connectivity index is 1.57. The lowest BCUT2D eigenvalue weighted by Gasteiger charge is -2.39. The molecule has 0 fully saturated rings. The highest BCUT2D eigenvalue weighted by molar-refractivity contribution is 6.30. The van der Waals surface area contributed by atoms with Gasteiger partial charge >= 0.3 is 5.97 Å². The Hall–Kier alpha value is -4.10. The molecule has 1 N–H and O–H groups in total. The van der Waals surface area contributed by atoms with Crippen LogP contribution in [0.3, 0.4) is 0 Å². The predicted molar refractivity (Wildman–Crippen MR) is 128 cm³/mol. The van der Waals surface area contributed by atoms with Crippen molar-refractivity contribution >= 4 is 29.2 Å². The largest absolute Gasteiger partial charge is 0.480 e. The molecule has 0 saturated carbocycles. The van der Waals surface area contributed by atoms with Crippen LogP contribution in [0.15, 0.2) is 84.7 Å². The van der Waals surface area contributed by atoms with Gasteiger partial charge in [0.05, 0.1) is 18.4 Å². The summed E-state index contributed by atoms with van der Waals surface area (Å²) in [5.41, 5.74) is 5.18. The average molecular weight is 471 g/mol. The number of hydrogen-bond acceptors (Lipinski definition) is 6. The van der Waals surface area contributed by atoms with Gasteiger partial charge in [-0.15, -0.1) is 0 Å². The molecular formula is C26H19ClN4O3. The Morgan fingerprint density at radius 3 is 2.68 bits per heavy atom. The van der Waals surface area contributed by atoms with Crippen molar-refractivity contribution in [3.05, 3.63) is 112 Å². The number of esters is 1. The van der Waals surface area contributed by atoms with Gasteiger partial charge in [-0.25, -0.2) is 9.48 Å². The van der Waals surface area contributed by atoms with E-state index in [2.05, 4.69) is 15.4 Å². The molecule has 0 unspecified atom stereocenters. The molecule has 2 aliphatic rings. The molecule has 0 spiro atoms. The van der Waals surface area contributed by atoms with Crippen LogP contribution in [0, 0.1) is 0 Å². The van der Waals surface area contributed by atoms with Gasteiger partial charge in [0, 0.05) is 16.2 Å². The number of rotatable bonds is 3. The van der Waals surface area contributed by atoms with Crippen LogP contribution in [0.2, 0.25) is 5.02 Å². The number of anilines is 1. The number of benzene rings is 3. The van der Waals surface area contributed by atoms with Crippen LogP contribution >= 0.6 is 11.6 Å². The molecule has 8 heteroatoms. The van der Waals surface area contributed by atoms with E-state index in [0.717, 1.165) is 33.7 Å². The number of ether oxygens (including phenoxy) is 2. The number of nitrogens with one attached hydrogen (secondary N) is 1. The standard InChI is InChI=1S/C26H19ClN4O3/c1-33-25(32)16-11-9-15(10-12-16)24-21-22(19-7-2-3-8-20(19)34-24)30-26-28-14-29-31(26)23(21)17-5-4-6-18(27)13-17/h2-14,23-24H,1H3,(H,28,29,30)/t23-,24-/m0/s1. The molecule has 7 nitrogen and oxygen atoms in total. The van der Waals surface area contributed by atoms with Crippen molar-refractivity contribution in [1.82, 2.24) is 14.8 Å². The Morgan fingerprint density at radius 1 is 1.06 bits per heavy atom. The summed E-state index contributed by atoms with van der Waals surface area (Å²) in [4.78, 5) is 16.4. The number of aromatic nitrogens is 3. The van der Waals surface area contributed by atoms with Crippen LogP contribution in [0.4, 0.5) is 5.95 Å². The smallest absolute Gasteiger partial charge is 0.337 e. The Bertz CT molecular complexity index is 1440. The topological polar surface area (TPSA) is 78.3 Å². The Morgan fingerprint density at radius 2 is 1.88 bits per heavy atom. The summed E-state index contributed by atoms with van der Waals surface area (Å²) in [6, 6.07) is 22.6. The number of halogens is 1. The zero-order chi connectivity index (χ0) is 23.2. The van der Waals surface area contributed by atoms with E-state index in [9.17, 15) is 4.79 Å². The minimum atomic E-state index is -0.439. The second-order valence-corrected chi connectivity index (χ2v) is 8.49. The van der Waals surface area contributed by atoms with Crippen LogP contribution in [0.5, 0.6) is 5.75 Å². The molecule has 0 bridgehead atoms. The highest BCUT2D eigenvalue weighted by atomic mass is 35.5. The number of nitrogens with zero attached hydrogens (tertiary/aromatic N) is 3. The van der Waals surface area contributed by atoms with E-state index in [0.29, 0.717) is 16.5 Å². The summed E-state index contributed by atoms with van der Waals surface area (Å²) in [5, 5.41) is 8.62. The highest BCUT2D eigenvalue weighted by Gasteiger charge is 2.40. The van der Waals surface area contributed by atoms with Gasteiger partial charge in [0.2, 0.25) is 5.95 Å². The monoisotopic (exact) mass is 470 g/mol. The third-order valence-electron chi connectivity index (χ3n) is 6.12. The number of hydrogen-bond donors (Lipinski definition) is 1. The van der Waals surface area contributed by atoms with Gasteiger partial charge in [-0.05, 0) is 47.5 Å². The molecule has 3 aromatic carbocycles. The zero-order valence-corrected chi connectivity index (χ0v) is 18.9. The quantitative estimate of drug-likeness (QED) is 0.410. The van der Waals surface area contributed by atoms with Crippen molar-refractivity contribution in [3.8, 4) is 5.75 Å². The SMILES string of the molecule is COC(=O)c1ccc([C@@H]2Oc3ccccc3C3=C2[C@H](c2cccc(Cl)c2)n2ncnc2N3)cc1. The van der Waals surface area contributed by atoms with Gasteiger partial charge in [-0.2, -0.15) is 10.1 Å². The van der Waals surface area contributed by atoms with E-state index in [-0.39, 0.29) is 12.0 Å². The molecule has 0 saturated heterocycles. The summed E-state index contributed by atoms with van der Waals surface area (Å²) in [7, 11) is 1.37. The molecule has 168 valence electrons. The van der Waals surface area contributed by atoms with Gasteiger partial charge in [0.25, 0.3) is 0 Å². The molecule has 2 aliphatic heterocycles. The third kappa shape index (κ3) is 3.24. The second-order valence-electron chi connectivity index (χ2n) is 8.05. The molecule has 4 aromatic rings. The van der Waals surface area contributed by atoms with Crippen molar-refractivity contribution in [1.29, 1.82) is 0 Å². The number of carbonyl (C=O) groups excluding carboxylic acids is 1. The molecule has 0 radical (unpaired) electrons. The third-order valence-corrected chi connectivity index (χ3v) is 6.36. The molecule has 34 heavy (non-hydrogen) atoms. The normalized spacial score (nSPS) is 18.2. The minimum absolute atomic E-state index is 0.300. The number of carbonyl (C=O) groups is 1. The highest BCUT2D eigenvalue weighted by Crippen LogP contribution is 2.50. The molecular weight excluding hydrogens is 452 g/mol. The first-order valence-corrected chi connectivity index (χ1v) is 11.1. The summed E-state index contributed by atoms with van der Waals surface area (Å²) in [5.74, 6) is 1.01. The fraction of sp³-hybridized carbons (Fsp3) is 0.115. The van der Waals surface area contributed by atoms with Gasteiger partial charge in [-0.1, -0.05) is 48.0 Å². The zero-order valence-electron chi connectivity index (χ0n) is 18.1. The molecule has 3 heterocycles. The van der Waals surface area contributed by atoms with Gasteiger partial charge in [0.1, 0.15) is 24.2 Å². The maximum atomic E-state index is 12.0. The lowest BCUT2D eigenvalue weighted by atomic mass is 9.84. The van der Waals surface area contributed by atoms with E-state index >= 15 is 0 Å². The summed E-state index contributed by atoms with van der Waals surface area (Å²) in [6.45, 7) is 0. The number of fused-ring (bicyclic) bond motifs is 3. The molecule has 0 amide bonds. The second kappa shape index (κ2) is 8.04. The van der Waals surface area contributed by atoms with Crippen molar-refractivity contribution in [2.75, 3.05) is 12.4 Å². The van der Waals surface area contributed by atoms with Crippen molar-refractivity contribution in [2.24, 2.45) is 0 Å². The van der Waals surface area contributed by atoms with Crippen LogP contribution in [-0.2, 0) is 4.74 Å². The van der Waals surface area contributed by atoms with Crippen molar-refractivity contribution in [2.45, 2.75) is 12.1 Å². The first kappa shape index (κ1) is 20.5. The van der Waals surface area contributed by atoms with E-state index in [1.54, 1.807) is 12.1 Å². The Labute approximate surface area is 200 Å². The van der Waals surface area contributed by atoms with Gasteiger partial charge in [0.15, 0.2) is 0 Å². The molecule has 1 aromatic heterocycles. The van der Waals surface area contributed by atoms with Crippen LogP contribution in [0.1, 0.15) is 39.2 Å². The first-order chi connectivity index (χ1) is 16.6. The maximum absolute atomic E-state index is 12.0.